The topological polar surface area (TPSA) is 59.1 Å². The summed E-state index contributed by atoms with van der Waals surface area (Å²) in [7, 11) is 0. The summed E-state index contributed by atoms with van der Waals surface area (Å²) in [5.74, 6) is 1.35. The summed E-state index contributed by atoms with van der Waals surface area (Å²) in [5, 5.41) is 0. The van der Waals surface area contributed by atoms with E-state index in [9.17, 15) is 9.59 Å². The van der Waals surface area contributed by atoms with Crippen molar-refractivity contribution in [1.29, 1.82) is 0 Å². The van der Waals surface area contributed by atoms with Crippen molar-refractivity contribution in [2.24, 2.45) is 0 Å². The van der Waals surface area contributed by atoms with E-state index in [0.29, 0.717) is 62.0 Å². The Morgan fingerprint density at radius 2 is 1.19 bits per heavy atom. The van der Waals surface area contributed by atoms with Crippen molar-refractivity contribution >= 4 is 43.7 Å². The quantitative estimate of drug-likeness (QED) is 0.505. The second kappa shape index (κ2) is 11.0. The van der Waals surface area contributed by atoms with Crippen molar-refractivity contribution in [2.75, 3.05) is 39.4 Å². The fraction of sp³-hybridized carbons (Fsp3) is 0.391. The van der Waals surface area contributed by atoms with Crippen LogP contribution in [-0.4, -0.2) is 61.0 Å². The lowest BCUT2D eigenvalue weighted by atomic mass is 10.2. The molecule has 3 rings (SSSR count). The average molecular weight is 554 g/mol. The smallest absolute Gasteiger partial charge is 0.253 e. The highest BCUT2D eigenvalue weighted by atomic mass is 79.9. The first kappa shape index (κ1) is 23.6. The second-order valence-electron chi connectivity index (χ2n) is 7.09. The van der Waals surface area contributed by atoms with Crippen molar-refractivity contribution in [3.05, 3.63) is 56.5 Å². The molecule has 0 atom stereocenters. The number of carbonyl (C=O) groups excluding carboxylic acids is 2. The Bertz CT molecular complexity index is 876. The molecule has 2 aromatic rings. The Labute approximate surface area is 199 Å². The highest BCUT2D eigenvalue weighted by molar-refractivity contribution is 9.10. The van der Waals surface area contributed by atoms with Gasteiger partial charge in [0.1, 0.15) is 11.5 Å². The number of carbonyl (C=O) groups is 2. The standard InChI is InChI=1S/C23H26Br2N2O4/c1-3-30-20-8-6-16(14-18(20)24)22(28)26-10-5-11-27(13-12-26)23(29)17-7-9-21(31-4-2)19(25)15-17/h6-9,14-15H,3-5,10-13H2,1-2H3. The predicted octanol–water partition coefficient (Wildman–Crippen LogP) is 5.00. The van der Waals surface area contributed by atoms with Crippen LogP contribution in [0, 0.1) is 0 Å². The first-order valence-corrected chi connectivity index (χ1v) is 12.0. The molecule has 0 N–H and O–H groups in total. The minimum absolute atomic E-state index is 0.0399. The lowest BCUT2D eigenvalue weighted by Crippen LogP contribution is -2.37. The highest BCUT2D eigenvalue weighted by Gasteiger charge is 2.24. The first-order valence-electron chi connectivity index (χ1n) is 10.4. The van der Waals surface area contributed by atoms with Crippen molar-refractivity contribution in [3.8, 4) is 11.5 Å². The maximum Gasteiger partial charge on any atom is 0.253 e. The third kappa shape index (κ3) is 5.80. The van der Waals surface area contributed by atoms with Gasteiger partial charge >= 0.3 is 0 Å². The van der Waals surface area contributed by atoms with E-state index in [4.69, 9.17) is 9.47 Å². The Balaban J connectivity index is 1.66. The molecule has 0 aromatic heterocycles. The van der Waals surface area contributed by atoms with Crippen LogP contribution in [0.5, 0.6) is 11.5 Å². The van der Waals surface area contributed by atoms with E-state index in [0.717, 1.165) is 15.4 Å². The van der Waals surface area contributed by atoms with Gasteiger partial charge in [-0.3, -0.25) is 9.59 Å². The molecule has 8 heteroatoms. The fourth-order valence-corrected chi connectivity index (χ4v) is 4.49. The van der Waals surface area contributed by atoms with Gasteiger partial charge in [-0.2, -0.15) is 0 Å². The predicted molar refractivity (Wildman–Crippen MR) is 127 cm³/mol. The molecule has 1 heterocycles. The van der Waals surface area contributed by atoms with Crippen molar-refractivity contribution < 1.29 is 19.1 Å². The van der Waals surface area contributed by atoms with Crippen molar-refractivity contribution in [1.82, 2.24) is 9.80 Å². The summed E-state index contributed by atoms with van der Waals surface area (Å²) in [6.45, 7) is 7.17. The lowest BCUT2D eigenvalue weighted by molar-refractivity contribution is 0.0718. The van der Waals surface area contributed by atoms with Crippen LogP contribution in [-0.2, 0) is 0 Å². The minimum atomic E-state index is -0.0399. The van der Waals surface area contributed by atoms with E-state index >= 15 is 0 Å². The van der Waals surface area contributed by atoms with E-state index < -0.39 is 0 Å². The Morgan fingerprint density at radius 3 is 1.55 bits per heavy atom. The summed E-state index contributed by atoms with van der Waals surface area (Å²) in [4.78, 5) is 29.6. The Morgan fingerprint density at radius 1 is 0.774 bits per heavy atom. The van der Waals surface area contributed by atoms with Crippen LogP contribution in [0.25, 0.3) is 0 Å². The van der Waals surface area contributed by atoms with Gasteiger partial charge in [0, 0.05) is 37.3 Å². The molecule has 1 saturated heterocycles. The van der Waals surface area contributed by atoms with Gasteiger partial charge in [-0.05, 0) is 88.5 Å². The average Bonchev–Trinajstić information content (AvgIpc) is 3.02. The number of benzene rings is 2. The van der Waals surface area contributed by atoms with Crippen molar-refractivity contribution in [2.45, 2.75) is 20.3 Å². The molecule has 0 spiro atoms. The number of nitrogens with zero attached hydrogens (tertiary/aromatic N) is 2. The molecule has 6 nitrogen and oxygen atoms in total. The van der Waals surface area contributed by atoms with Gasteiger partial charge in [0.2, 0.25) is 0 Å². The Kier molecular flexibility index (Phi) is 8.37. The molecule has 166 valence electrons. The molecule has 0 unspecified atom stereocenters. The zero-order valence-corrected chi connectivity index (χ0v) is 20.9. The molecule has 2 aromatic carbocycles. The van der Waals surface area contributed by atoms with Crippen molar-refractivity contribution in [3.63, 3.8) is 0 Å². The molecule has 1 aliphatic heterocycles. The number of ether oxygens (including phenoxy) is 2. The largest absolute Gasteiger partial charge is 0.493 e. The second-order valence-corrected chi connectivity index (χ2v) is 8.80. The van der Waals surface area contributed by atoms with Gasteiger partial charge in [0.15, 0.2) is 0 Å². The zero-order chi connectivity index (χ0) is 22.4. The third-order valence-corrected chi connectivity index (χ3v) is 6.27. The summed E-state index contributed by atoms with van der Waals surface area (Å²) in [5.41, 5.74) is 1.20. The van der Waals surface area contributed by atoms with Crippen LogP contribution in [0.2, 0.25) is 0 Å². The molecular formula is C23H26Br2N2O4. The van der Waals surface area contributed by atoms with Crippen LogP contribution < -0.4 is 9.47 Å². The lowest BCUT2D eigenvalue weighted by Gasteiger charge is -2.23. The van der Waals surface area contributed by atoms with Gasteiger partial charge in [-0.15, -0.1) is 0 Å². The maximum absolute atomic E-state index is 13.0. The highest BCUT2D eigenvalue weighted by Crippen LogP contribution is 2.28. The monoisotopic (exact) mass is 552 g/mol. The Hall–Kier alpha value is -2.06. The number of amides is 2. The molecular weight excluding hydrogens is 528 g/mol. The normalized spacial score (nSPS) is 14.2. The van der Waals surface area contributed by atoms with Gasteiger partial charge in [0.05, 0.1) is 22.2 Å². The first-order chi connectivity index (χ1) is 14.9. The molecule has 2 amide bonds. The molecule has 1 aliphatic rings. The van der Waals surface area contributed by atoms with Gasteiger partial charge in [-0.25, -0.2) is 0 Å². The zero-order valence-electron chi connectivity index (χ0n) is 17.7. The molecule has 0 radical (unpaired) electrons. The maximum atomic E-state index is 13.0. The number of hydrogen-bond acceptors (Lipinski definition) is 4. The summed E-state index contributed by atoms with van der Waals surface area (Å²) in [6.07, 6.45) is 0.730. The summed E-state index contributed by atoms with van der Waals surface area (Å²) >= 11 is 6.94. The van der Waals surface area contributed by atoms with E-state index in [-0.39, 0.29) is 11.8 Å². The summed E-state index contributed by atoms with van der Waals surface area (Å²) in [6, 6.07) is 10.8. The molecule has 0 aliphatic carbocycles. The molecule has 1 fully saturated rings. The van der Waals surface area contributed by atoms with E-state index in [1.807, 2.05) is 23.6 Å². The van der Waals surface area contributed by atoms with Crippen LogP contribution >= 0.6 is 31.9 Å². The molecule has 0 bridgehead atoms. The number of hydrogen-bond donors (Lipinski definition) is 0. The van der Waals surface area contributed by atoms with Crippen LogP contribution in [0.3, 0.4) is 0 Å². The van der Waals surface area contributed by atoms with Crippen LogP contribution in [0.1, 0.15) is 41.0 Å². The van der Waals surface area contributed by atoms with Crippen LogP contribution in [0.15, 0.2) is 45.3 Å². The SMILES string of the molecule is CCOc1ccc(C(=O)N2CCCN(C(=O)c3ccc(OCC)c(Br)c3)CC2)cc1Br. The van der Waals surface area contributed by atoms with Gasteiger partial charge in [0.25, 0.3) is 11.8 Å². The summed E-state index contributed by atoms with van der Waals surface area (Å²) < 4.78 is 12.6. The number of rotatable bonds is 6. The molecule has 31 heavy (non-hydrogen) atoms. The minimum Gasteiger partial charge on any atom is -0.493 e. The van der Waals surface area contributed by atoms with E-state index in [1.54, 1.807) is 36.4 Å². The third-order valence-electron chi connectivity index (χ3n) is 5.03. The van der Waals surface area contributed by atoms with Gasteiger partial charge in [-0.1, -0.05) is 0 Å². The molecule has 0 saturated carbocycles. The van der Waals surface area contributed by atoms with Crippen LogP contribution in [0.4, 0.5) is 0 Å². The van der Waals surface area contributed by atoms with E-state index in [2.05, 4.69) is 31.9 Å². The number of halogens is 2. The van der Waals surface area contributed by atoms with E-state index in [1.165, 1.54) is 0 Å². The fourth-order valence-electron chi connectivity index (χ4n) is 3.50. The van der Waals surface area contributed by atoms with Gasteiger partial charge < -0.3 is 19.3 Å².